The first-order chi connectivity index (χ1) is 9.71. The van der Waals surface area contributed by atoms with Crippen LogP contribution in [0, 0.1) is 11.3 Å². The molecule has 20 heavy (non-hydrogen) atoms. The predicted molar refractivity (Wildman–Crippen MR) is 77.9 cm³/mol. The maximum atomic E-state index is 8.64. The molecule has 0 aromatic carbocycles. The fourth-order valence-electron chi connectivity index (χ4n) is 1.41. The lowest BCUT2D eigenvalue weighted by atomic mass is 10.4. The molecule has 0 amide bonds. The van der Waals surface area contributed by atoms with Crippen molar-refractivity contribution in [3.05, 3.63) is 0 Å². The van der Waals surface area contributed by atoms with Crippen LogP contribution in [0.3, 0.4) is 0 Å². The number of nitriles is 1. The van der Waals surface area contributed by atoms with E-state index in [1.165, 1.54) is 0 Å². The Balaban J connectivity index is 2.87. The zero-order valence-corrected chi connectivity index (χ0v) is 12.4. The lowest BCUT2D eigenvalue weighted by Crippen LogP contribution is -2.22. The van der Waals surface area contributed by atoms with Gasteiger partial charge in [0.1, 0.15) is 0 Å². The van der Waals surface area contributed by atoms with Crippen LogP contribution in [0.15, 0.2) is 0 Å². The van der Waals surface area contributed by atoms with E-state index in [-0.39, 0.29) is 0 Å². The Bertz CT molecular complexity index is 419. The van der Waals surface area contributed by atoms with Gasteiger partial charge < -0.3 is 15.0 Å². The smallest absolute Gasteiger partial charge is 0.323 e. The van der Waals surface area contributed by atoms with Gasteiger partial charge in [-0.3, -0.25) is 0 Å². The summed E-state index contributed by atoms with van der Waals surface area (Å²) in [6.07, 6.45) is 2.30. The van der Waals surface area contributed by atoms with Crippen molar-refractivity contribution < 1.29 is 4.74 Å². The fraction of sp³-hybridized carbons (Fsp3) is 0.692. The Hall–Kier alpha value is -2.10. The van der Waals surface area contributed by atoms with E-state index in [0.29, 0.717) is 37.5 Å². The van der Waals surface area contributed by atoms with Crippen LogP contribution < -0.4 is 15.0 Å². The Morgan fingerprint density at radius 2 is 2.05 bits per heavy atom. The van der Waals surface area contributed by atoms with Crippen molar-refractivity contribution in [1.82, 2.24) is 15.0 Å². The SMILES string of the molecule is CCCNc1nc(OCCC)nc(N(C)CCC#N)n1. The molecular weight excluding hydrogens is 256 g/mol. The van der Waals surface area contributed by atoms with Gasteiger partial charge in [0.15, 0.2) is 0 Å². The zero-order valence-electron chi connectivity index (χ0n) is 12.4. The molecule has 1 aromatic rings. The van der Waals surface area contributed by atoms with Gasteiger partial charge in [-0.25, -0.2) is 0 Å². The van der Waals surface area contributed by atoms with Crippen LogP contribution >= 0.6 is 0 Å². The molecule has 0 spiro atoms. The molecule has 1 heterocycles. The molecule has 0 aliphatic carbocycles. The zero-order chi connectivity index (χ0) is 14.8. The molecule has 0 aliphatic heterocycles. The van der Waals surface area contributed by atoms with E-state index in [4.69, 9.17) is 10.00 Å². The number of aromatic nitrogens is 3. The lowest BCUT2D eigenvalue weighted by molar-refractivity contribution is 0.292. The first-order valence-corrected chi connectivity index (χ1v) is 6.92. The number of hydrogen-bond acceptors (Lipinski definition) is 7. The largest absolute Gasteiger partial charge is 0.463 e. The van der Waals surface area contributed by atoms with Crippen molar-refractivity contribution in [2.75, 3.05) is 37.0 Å². The highest BCUT2D eigenvalue weighted by Gasteiger charge is 2.10. The summed E-state index contributed by atoms with van der Waals surface area (Å²) >= 11 is 0. The topological polar surface area (TPSA) is 87.0 Å². The van der Waals surface area contributed by atoms with Crippen molar-refractivity contribution in [3.63, 3.8) is 0 Å². The van der Waals surface area contributed by atoms with Crippen molar-refractivity contribution in [3.8, 4) is 12.1 Å². The Labute approximate surface area is 120 Å². The molecule has 0 bridgehead atoms. The summed E-state index contributed by atoms with van der Waals surface area (Å²) in [4.78, 5) is 14.6. The molecular formula is C13H22N6O. The molecule has 1 rings (SSSR count). The maximum Gasteiger partial charge on any atom is 0.323 e. The van der Waals surface area contributed by atoms with Crippen molar-refractivity contribution in [1.29, 1.82) is 5.26 Å². The standard InChI is InChI=1S/C13H22N6O/c1-4-8-15-11-16-12(19(3)9-6-7-14)18-13(17-11)20-10-5-2/h4-6,8-10H2,1-3H3,(H,15,16,17,18). The number of ether oxygens (including phenoxy) is 1. The molecule has 0 saturated heterocycles. The minimum atomic E-state index is 0.319. The number of nitrogens with zero attached hydrogens (tertiary/aromatic N) is 5. The average molecular weight is 278 g/mol. The first-order valence-electron chi connectivity index (χ1n) is 6.92. The second-order valence-electron chi connectivity index (χ2n) is 4.35. The van der Waals surface area contributed by atoms with E-state index < -0.39 is 0 Å². The Kier molecular flexibility index (Phi) is 7.11. The van der Waals surface area contributed by atoms with E-state index in [9.17, 15) is 0 Å². The van der Waals surface area contributed by atoms with Crippen LogP contribution in [-0.2, 0) is 0 Å². The summed E-state index contributed by atoms with van der Waals surface area (Å²) in [5.74, 6) is 1.02. The van der Waals surface area contributed by atoms with Crippen LogP contribution in [0.25, 0.3) is 0 Å². The number of nitrogens with one attached hydrogen (secondary N) is 1. The van der Waals surface area contributed by atoms with E-state index in [1.807, 2.05) is 18.9 Å². The minimum Gasteiger partial charge on any atom is -0.463 e. The lowest BCUT2D eigenvalue weighted by Gasteiger charge is -2.16. The quantitative estimate of drug-likeness (QED) is 0.737. The summed E-state index contributed by atoms with van der Waals surface area (Å²) in [7, 11) is 1.85. The highest BCUT2D eigenvalue weighted by atomic mass is 16.5. The summed E-state index contributed by atoms with van der Waals surface area (Å²) in [6.45, 7) is 6.03. The van der Waals surface area contributed by atoms with Gasteiger partial charge in [-0.15, -0.1) is 0 Å². The van der Waals surface area contributed by atoms with Crippen molar-refractivity contribution in [2.24, 2.45) is 0 Å². The monoisotopic (exact) mass is 278 g/mol. The molecule has 110 valence electrons. The Morgan fingerprint density at radius 3 is 2.70 bits per heavy atom. The van der Waals surface area contributed by atoms with Crippen LogP contribution in [0.1, 0.15) is 33.1 Å². The molecule has 0 unspecified atom stereocenters. The normalized spacial score (nSPS) is 9.90. The molecule has 0 fully saturated rings. The van der Waals surface area contributed by atoms with Crippen LogP contribution in [0.5, 0.6) is 6.01 Å². The molecule has 0 aliphatic rings. The fourth-order valence-corrected chi connectivity index (χ4v) is 1.41. The summed E-state index contributed by atoms with van der Waals surface area (Å²) in [5.41, 5.74) is 0. The van der Waals surface area contributed by atoms with Gasteiger partial charge in [0, 0.05) is 20.1 Å². The molecule has 7 nitrogen and oxygen atoms in total. The molecule has 0 radical (unpaired) electrons. The second kappa shape index (κ2) is 8.91. The molecule has 0 atom stereocenters. The van der Waals surface area contributed by atoms with Gasteiger partial charge in [0.25, 0.3) is 0 Å². The third kappa shape index (κ3) is 5.26. The van der Waals surface area contributed by atoms with Crippen LogP contribution in [0.2, 0.25) is 0 Å². The predicted octanol–water partition coefficient (Wildman–Crippen LogP) is 1.83. The van der Waals surface area contributed by atoms with Crippen LogP contribution in [0.4, 0.5) is 11.9 Å². The summed E-state index contributed by atoms with van der Waals surface area (Å²) in [5, 5.41) is 11.8. The first kappa shape index (κ1) is 16.0. The molecule has 0 saturated carbocycles. The highest BCUT2D eigenvalue weighted by Crippen LogP contribution is 2.14. The van der Waals surface area contributed by atoms with E-state index in [0.717, 1.165) is 19.4 Å². The van der Waals surface area contributed by atoms with Gasteiger partial charge in [-0.2, -0.15) is 20.2 Å². The third-order valence-corrected chi connectivity index (χ3v) is 2.47. The highest BCUT2D eigenvalue weighted by molar-refractivity contribution is 5.37. The van der Waals surface area contributed by atoms with E-state index in [2.05, 4.69) is 33.3 Å². The molecule has 7 heteroatoms. The number of hydrogen-bond donors (Lipinski definition) is 1. The second-order valence-corrected chi connectivity index (χ2v) is 4.35. The van der Waals surface area contributed by atoms with Crippen molar-refractivity contribution >= 4 is 11.9 Å². The minimum absolute atomic E-state index is 0.319. The number of rotatable bonds is 9. The van der Waals surface area contributed by atoms with Gasteiger partial charge in [-0.05, 0) is 12.8 Å². The number of anilines is 2. The van der Waals surface area contributed by atoms with Gasteiger partial charge >= 0.3 is 6.01 Å². The van der Waals surface area contributed by atoms with E-state index >= 15 is 0 Å². The Morgan fingerprint density at radius 1 is 1.25 bits per heavy atom. The summed E-state index contributed by atoms with van der Waals surface area (Å²) in [6, 6.07) is 2.43. The van der Waals surface area contributed by atoms with Gasteiger partial charge in [-0.1, -0.05) is 13.8 Å². The molecule has 1 N–H and O–H groups in total. The van der Waals surface area contributed by atoms with Crippen molar-refractivity contribution in [2.45, 2.75) is 33.1 Å². The maximum absolute atomic E-state index is 8.64. The average Bonchev–Trinajstić information content (AvgIpc) is 2.48. The summed E-state index contributed by atoms with van der Waals surface area (Å²) < 4.78 is 5.48. The van der Waals surface area contributed by atoms with Gasteiger partial charge in [0.2, 0.25) is 11.9 Å². The van der Waals surface area contributed by atoms with E-state index in [1.54, 1.807) is 0 Å². The van der Waals surface area contributed by atoms with Gasteiger partial charge in [0.05, 0.1) is 19.1 Å². The third-order valence-electron chi connectivity index (χ3n) is 2.47. The van der Waals surface area contributed by atoms with Crippen LogP contribution in [-0.4, -0.2) is 41.7 Å². The molecule has 1 aromatic heterocycles.